The van der Waals surface area contributed by atoms with Crippen LogP contribution in [0.1, 0.15) is 2.74 Å². The van der Waals surface area contributed by atoms with E-state index < -0.39 is 16.1 Å². The van der Waals surface area contributed by atoms with E-state index >= 15 is 0 Å². The molecule has 82 valence electrons. The Morgan fingerprint density at radius 2 is 1.07 bits per heavy atom. The SMILES string of the molecule is C[PH](=O)[O-].C[PH](=O)[O-].[2H]c1ccc([2H])cc1.[Mg+2]. The third kappa shape index (κ3) is 54.2. The van der Waals surface area contributed by atoms with Gasteiger partial charge in [0, 0.05) is 0 Å². The van der Waals surface area contributed by atoms with Gasteiger partial charge in [-0.05, 0) is 29.4 Å². The maximum Gasteiger partial charge on any atom is 2.00 e. The summed E-state index contributed by atoms with van der Waals surface area (Å²) in [7, 11) is -4.76. The monoisotopic (exact) mass is 262 g/mol. The first kappa shape index (κ1) is 15.4. The first-order valence-corrected chi connectivity index (χ1v) is 7.27. The summed E-state index contributed by atoms with van der Waals surface area (Å²) in [6, 6.07) is 7.32. The van der Waals surface area contributed by atoms with E-state index in [1.807, 2.05) is 0 Å². The van der Waals surface area contributed by atoms with Crippen molar-refractivity contribution in [2.45, 2.75) is 0 Å². The topological polar surface area (TPSA) is 80.3 Å². The van der Waals surface area contributed by atoms with Gasteiger partial charge in [-0.2, -0.15) is 0 Å². The van der Waals surface area contributed by atoms with Crippen molar-refractivity contribution in [2.75, 3.05) is 13.3 Å². The van der Waals surface area contributed by atoms with Gasteiger partial charge in [0.05, 0.1) is 2.74 Å². The van der Waals surface area contributed by atoms with Crippen LogP contribution in [0.5, 0.6) is 0 Å². The molecule has 0 spiro atoms. The molecule has 0 aliphatic rings. The standard InChI is InChI=1S/C6H6.2CH5O2P.Mg/c1-2-4-6-5-3-1;2*1-4(2)3;/h1-6H;2*4H,1H3,(H,2,3);/q;;;+2/p-2/i1D,6D;;;. The minimum absolute atomic E-state index is 0. The molecule has 0 aromatic heterocycles. The van der Waals surface area contributed by atoms with Gasteiger partial charge in [0.15, 0.2) is 0 Å². The fourth-order valence-electron chi connectivity index (χ4n) is 0.304. The van der Waals surface area contributed by atoms with Crippen LogP contribution < -0.4 is 9.79 Å². The minimum atomic E-state index is -2.38. The summed E-state index contributed by atoms with van der Waals surface area (Å²) in [6.07, 6.45) is 0. The predicted octanol–water partition coefficient (Wildman–Crippen LogP) is 0.208. The van der Waals surface area contributed by atoms with Crippen LogP contribution in [0.3, 0.4) is 0 Å². The van der Waals surface area contributed by atoms with Crippen LogP contribution in [-0.2, 0) is 9.13 Å². The maximum absolute atomic E-state index is 9.07. The van der Waals surface area contributed by atoms with Gasteiger partial charge >= 0.3 is 23.1 Å². The molecular formula is C8H14MgO4P2. The second kappa shape index (κ2) is 16.8. The van der Waals surface area contributed by atoms with Crippen molar-refractivity contribution >= 4 is 39.1 Å². The summed E-state index contributed by atoms with van der Waals surface area (Å²) in [4.78, 5) is 18.1. The van der Waals surface area contributed by atoms with Gasteiger partial charge < -0.3 is 18.9 Å². The van der Waals surface area contributed by atoms with Gasteiger partial charge in [0.1, 0.15) is 0 Å². The van der Waals surface area contributed by atoms with Gasteiger partial charge in [0.25, 0.3) is 0 Å². The normalized spacial score (nSPS) is 13.3. The Hall–Kier alpha value is 0.366. The second-order valence-corrected chi connectivity index (χ2v) is 3.95. The molecule has 0 amide bonds. The number of hydrogen-bond acceptors (Lipinski definition) is 4. The molecule has 2 atom stereocenters. The van der Waals surface area contributed by atoms with Crippen molar-refractivity contribution < 1.29 is 21.7 Å². The quantitative estimate of drug-likeness (QED) is 0.494. The van der Waals surface area contributed by atoms with E-state index in [0.717, 1.165) is 13.3 Å². The van der Waals surface area contributed by atoms with E-state index in [1.54, 1.807) is 24.3 Å². The van der Waals surface area contributed by atoms with E-state index in [0.29, 0.717) is 12.1 Å². The molecule has 0 saturated heterocycles. The van der Waals surface area contributed by atoms with Crippen molar-refractivity contribution in [3.8, 4) is 0 Å². The molecule has 15 heavy (non-hydrogen) atoms. The van der Waals surface area contributed by atoms with Crippen LogP contribution in [0.15, 0.2) is 36.4 Å². The molecule has 2 unspecified atom stereocenters. The molecule has 4 nitrogen and oxygen atoms in total. The molecule has 7 heteroatoms. The van der Waals surface area contributed by atoms with Crippen LogP contribution >= 0.6 is 16.1 Å². The second-order valence-electron chi connectivity index (χ2n) is 1.98. The van der Waals surface area contributed by atoms with Crippen molar-refractivity contribution in [3.63, 3.8) is 0 Å². The zero-order valence-corrected chi connectivity index (χ0v) is 12.1. The fraction of sp³-hybridized carbons (Fsp3) is 0.250. The Balaban J connectivity index is -0.000000189. The van der Waals surface area contributed by atoms with Crippen LogP contribution in [0.2, 0.25) is 0 Å². The molecule has 1 aromatic rings. The van der Waals surface area contributed by atoms with Gasteiger partial charge in [-0.25, -0.2) is 0 Å². The Morgan fingerprint density at radius 1 is 0.933 bits per heavy atom. The van der Waals surface area contributed by atoms with Crippen molar-refractivity contribution in [1.29, 1.82) is 0 Å². The number of rotatable bonds is 0. The fourth-order valence-corrected chi connectivity index (χ4v) is 0.304. The summed E-state index contributed by atoms with van der Waals surface area (Å²) >= 11 is 0. The van der Waals surface area contributed by atoms with E-state index in [1.165, 1.54) is 0 Å². The average Bonchev–Trinajstić information content (AvgIpc) is 2.08. The Bertz CT molecular complexity index is 294. The number of hydrogen-bond donors (Lipinski definition) is 0. The summed E-state index contributed by atoms with van der Waals surface area (Å²) in [5.74, 6) is 0. The number of benzene rings is 1. The first-order valence-electron chi connectivity index (χ1n) is 4.64. The largest absolute Gasteiger partial charge is 2.00 e. The van der Waals surface area contributed by atoms with E-state index in [-0.39, 0.29) is 23.1 Å². The molecule has 0 bridgehead atoms. The predicted molar refractivity (Wildman–Crippen MR) is 62.0 cm³/mol. The van der Waals surface area contributed by atoms with Crippen LogP contribution in [0.4, 0.5) is 0 Å². The first-order chi connectivity index (χ1) is 7.25. The molecule has 0 saturated carbocycles. The zero-order chi connectivity index (χ0) is 13.1. The summed E-state index contributed by atoms with van der Waals surface area (Å²) < 4.78 is 32.2. The van der Waals surface area contributed by atoms with Crippen molar-refractivity contribution in [2.24, 2.45) is 0 Å². The van der Waals surface area contributed by atoms with Crippen molar-refractivity contribution in [1.82, 2.24) is 0 Å². The third-order valence-corrected chi connectivity index (χ3v) is 0.552. The van der Waals surface area contributed by atoms with Gasteiger partial charge in [-0.15, -0.1) is 0 Å². The van der Waals surface area contributed by atoms with E-state index in [4.69, 9.17) is 21.7 Å². The molecule has 0 radical (unpaired) electrons. The molecule has 0 aliphatic heterocycles. The molecule has 0 heterocycles. The summed E-state index contributed by atoms with van der Waals surface area (Å²) in [5.41, 5.74) is 0. The van der Waals surface area contributed by atoms with Crippen LogP contribution in [-0.4, -0.2) is 36.4 Å². The smallest absolute Gasteiger partial charge is 0.802 e. The molecule has 1 rings (SSSR count). The molecule has 1 aromatic carbocycles. The van der Waals surface area contributed by atoms with Gasteiger partial charge in [-0.3, -0.25) is 0 Å². The minimum Gasteiger partial charge on any atom is -0.802 e. The van der Waals surface area contributed by atoms with Gasteiger partial charge in [0.2, 0.25) is 0 Å². The van der Waals surface area contributed by atoms with Gasteiger partial charge in [-0.1, -0.05) is 36.4 Å². The van der Waals surface area contributed by atoms with Crippen LogP contribution in [0, 0.1) is 0 Å². The molecule has 0 N–H and O–H groups in total. The summed E-state index contributed by atoms with van der Waals surface area (Å²) in [5, 5.41) is 0. The van der Waals surface area contributed by atoms with Crippen molar-refractivity contribution in [3.05, 3.63) is 36.4 Å². The van der Waals surface area contributed by atoms with E-state index in [2.05, 4.69) is 0 Å². The van der Waals surface area contributed by atoms with E-state index in [9.17, 15) is 0 Å². The zero-order valence-electron chi connectivity index (χ0n) is 10.6. The van der Waals surface area contributed by atoms with Crippen LogP contribution in [0.25, 0.3) is 0 Å². The molecular weight excluding hydrogens is 246 g/mol. The Labute approximate surface area is 110 Å². The Kier molecular flexibility index (Phi) is 17.2. The summed E-state index contributed by atoms with van der Waals surface area (Å²) in [6.45, 7) is 2.31. The molecule has 0 aliphatic carbocycles. The average molecular weight is 262 g/mol. The third-order valence-electron chi connectivity index (χ3n) is 0.552. The maximum atomic E-state index is 9.07. The Morgan fingerprint density at radius 3 is 1.20 bits per heavy atom. The molecule has 0 fully saturated rings.